The number of hydrogen-bond acceptors (Lipinski definition) is 8. The number of nitrogens with zero attached hydrogens (tertiary/aromatic N) is 2. The van der Waals surface area contributed by atoms with Crippen LogP contribution in [0.5, 0.6) is 5.75 Å². The number of aryl methyl sites for hydroxylation is 1. The normalized spacial score (nSPS) is 18.0. The summed E-state index contributed by atoms with van der Waals surface area (Å²) in [7, 11) is -2.96. The van der Waals surface area contributed by atoms with Crippen molar-refractivity contribution in [2.75, 3.05) is 77.9 Å². The molecule has 0 saturated carbocycles. The van der Waals surface area contributed by atoms with Gasteiger partial charge in [0.15, 0.2) is 0 Å². The summed E-state index contributed by atoms with van der Waals surface area (Å²) in [6.45, 7) is 7.27. The fourth-order valence-corrected chi connectivity index (χ4v) is 15.6. The first-order chi connectivity index (χ1) is 31.8. The predicted molar refractivity (Wildman–Crippen MR) is 263 cm³/mol. The van der Waals surface area contributed by atoms with Gasteiger partial charge in [0.05, 0.1) is 55.8 Å². The molecule has 8 rings (SSSR count). The van der Waals surface area contributed by atoms with Gasteiger partial charge in [-0.05, 0) is 90.7 Å². The molecule has 3 atom stereocenters. The SMILES string of the molecule is COCCCN1CCOc2ccc(CO[C@H]3CN(S(=O)(=O)c4ccc(C)cc4)C[C@@H](C[P+](c4ccccc4)(c4ccccc4)c4ccccc4)[C@@H]3c3ccc(COCCOC)cc3)cc21. The lowest BCUT2D eigenvalue weighted by Crippen LogP contribution is -2.53. The number of rotatable bonds is 20. The van der Waals surface area contributed by atoms with E-state index >= 15 is 8.42 Å². The quantitative estimate of drug-likeness (QED) is 0.0559. The Morgan fingerprint density at radius 1 is 0.677 bits per heavy atom. The number of sulfonamides is 1. The molecule has 0 bridgehead atoms. The summed E-state index contributed by atoms with van der Waals surface area (Å²) in [6.07, 6.45) is 1.13. The number of ether oxygens (including phenoxy) is 5. The lowest BCUT2D eigenvalue weighted by Gasteiger charge is -2.45. The van der Waals surface area contributed by atoms with Crippen LogP contribution in [-0.4, -0.2) is 91.8 Å². The minimum Gasteiger partial charge on any atom is -0.490 e. The summed E-state index contributed by atoms with van der Waals surface area (Å²) < 4.78 is 61.6. The summed E-state index contributed by atoms with van der Waals surface area (Å²) in [4.78, 5) is 2.65. The molecule has 65 heavy (non-hydrogen) atoms. The molecule has 6 aromatic rings. The zero-order valence-corrected chi connectivity index (χ0v) is 39.5. The van der Waals surface area contributed by atoms with E-state index in [0.29, 0.717) is 52.3 Å². The second-order valence-corrected chi connectivity index (χ2v) is 22.5. The van der Waals surface area contributed by atoms with Crippen molar-refractivity contribution >= 4 is 38.9 Å². The molecule has 1 fully saturated rings. The molecule has 0 N–H and O–H groups in total. The van der Waals surface area contributed by atoms with E-state index in [1.54, 1.807) is 30.7 Å². The molecule has 2 aliphatic heterocycles. The third-order valence-electron chi connectivity index (χ3n) is 12.8. The third kappa shape index (κ3) is 10.9. The molecule has 1 saturated heterocycles. The Morgan fingerprint density at radius 3 is 1.91 bits per heavy atom. The van der Waals surface area contributed by atoms with E-state index in [0.717, 1.165) is 53.2 Å². The fraction of sp³-hybridized carbons (Fsp3) is 0.333. The smallest absolute Gasteiger partial charge is 0.243 e. The molecule has 9 nitrogen and oxygen atoms in total. The monoisotopic (exact) mass is 913 g/mol. The first kappa shape index (κ1) is 46.6. The number of anilines is 1. The van der Waals surface area contributed by atoms with E-state index < -0.39 is 23.4 Å². The second kappa shape index (κ2) is 22.1. The van der Waals surface area contributed by atoms with Crippen molar-refractivity contribution in [1.82, 2.24) is 4.31 Å². The lowest BCUT2D eigenvalue weighted by molar-refractivity contribution is -0.0222. The van der Waals surface area contributed by atoms with E-state index in [1.807, 2.05) is 25.1 Å². The molecule has 2 heterocycles. The Morgan fingerprint density at radius 2 is 1.29 bits per heavy atom. The molecule has 0 aromatic heterocycles. The molecular weight excluding hydrogens is 852 g/mol. The first-order valence-electron chi connectivity index (χ1n) is 22.7. The van der Waals surface area contributed by atoms with Gasteiger partial charge in [-0.1, -0.05) is 103 Å². The molecule has 11 heteroatoms. The van der Waals surface area contributed by atoms with Crippen molar-refractivity contribution in [3.05, 3.63) is 180 Å². The third-order valence-corrected chi connectivity index (χ3v) is 19.2. The van der Waals surface area contributed by atoms with E-state index in [1.165, 1.54) is 15.9 Å². The number of benzene rings is 6. The molecule has 0 amide bonds. The maximum Gasteiger partial charge on any atom is 0.243 e. The maximum absolute atomic E-state index is 15.0. The van der Waals surface area contributed by atoms with Gasteiger partial charge in [0.2, 0.25) is 10.0 Å². The lowest BCUT2D eigenvalue weighted by atomic mass is 9.80. The minimum absolute atomic E-state index is 0.162. The largest absolute Gasteiger partial charge is 0.490 e. The van der Waals surface area contributed by atoms with Crippen molar-refractivity contribution in [2.24, 2.45) is 5.92 Å². The van der Waals surface area contributed by atoms with Crippen LogP contribution in [-0.2, 0) is 42.2 Å². The average Bonchev–Trinajstić information content (AvgIpc) is 3.35. The highest BCUT2D eigenvalue weighted by Crippen LogP contribution is 2.59. The van der Waals surface area contributed by atoms with Gasteiger partial charge in [0, 0.05) is 52.3 Å². The highest BCUT2D eigenvalue weighted by molar-refractivity contribution is 7.95. The molecule has 340 valence electrons. The number of fused-ring (bicyclic) bond motifs is 1. The van der Waals surface area contributed by atoms with Crippen LogP contribution >= 0.6 is 7.26 Å². The van der Waals surface area contributed by atoms with Gasteiger partial charge in [-0.2, -0.15) is 4.31 Å². The standard InChI is InChI=1S/C54H62N2O7PS/c1-42-20-27-50(28-21-42)65(57,58)56-37-46(41-64(47-14-7-4-8-15-47,48-16-9-5-10-17-48)49-18-11-6-12-19-49)54(45-25-22-43(23-26-45)39-61-35-34-60-3)53(38-56)63-40-44-24-29-52-51(36-44)55(31-33-62-52)30-13-32-59-2/h4-12,14-29,36,46,53-54H,13,30-35,37-41H2,1-3H3/q+1/t46-,53-,54-/m0/s1. The Hall–Kier alpha value is -4.90. The van der Waals surface area contributed by atoms with Gasteiger partial charge in [-0.15, -0.1) is 0 Å². The van der Waals surface area contributed by atoms with Crippen LogP contribution in [0.3, 0.4) is 0 Å². The minimum atomic E-state index is -3.93. The van der Waals surface area contributed by atoms with Crippen molar-refractivity contribution in [3.63, 3.8) is 0 Å². The van der Waals surface area contributed by atoms with Gasteiger partial charge in [0.25, 0.3) is 0 Å². The Labute approximate surface area is 386 Å². The number of piperidine rings is 1. The first-order valence-corrected chi connectivity index (χ1v) is 26.1. The Kier molecular flexibility index (Phi) is 15.8. The molecule has 6 aromatic carbocycles. The average molecular weight is 914 g/mol. The number of methoxy groups -OCH3 is 2. The Balaban J connectivity index is 1.25. The summed E-state index contributed by atoms with van der Waals surface area (Å²) in [5, 5.41) is 3.76. The summed E-state index contributed by atoms with van der Waals surface area (Å²) >= 11 is 0. The van der Waals surface area contributed by atoms with Gasteiger partial charge < -0.3 is 28.6 Å². The van der Waals surface area contributed by atoms with Crippen LogP contribution < -0.4 is 25.6 Å². The highest BCUT2D eigenvalue weighted by atomic mass is 32.2. The van der Waals surface area contributed by atoms with Crippen molar-refractivity contribution in [2.45, 2.75) is 43.5 Å². The molecule has 0 unspecified atom stereocenters. The highest BCUT2D eigenvalue weighted by Gasteiger charge is 2.52. The van der Waals surface area contributed by atoms with Crippen LogP contribution in [0.1, 0.15) is 34.6 Å². The van der Waals surface area contributed by atoms with Crippen molar-refractivity contribution < 1.29 is 32.1 Å². The fourth-order valence-electron chi connectivity index (χ4n) is 9.51. The van der Waals surface area contributed by atoms with Crippen LogP contribution in [0.25, 0.3) is 0 Å². The van der Waals surface area contributed by atoms with Crippen LogP contribution in [0.2, 0.25) is 0 Å². The van der Waals surface area contributed by atoms with E-state index in [9.17, 15) is 0 Å². The van der Waals surface area contributed by atoms with Gasteiger partial charge >= 0.3 is 0 Å². The molecule has 0 aliphatic carbocycles. The van der Waals surface area contributed by atoms with Gasteiger partial charge in [0.1, 0.15) is 35.5 Å². The predicted octanol–water partition coefficient (Wildman–Crippen LogP) is 8.38. The van der Waals surface area contributed by atoms with E-state index in [-0.39, 0.29) is 23.3 Å². The number of hydrogen-bond donors (Lipinski definition) is 0. The van der Waals surface area contributed by atoms with E-state index in [2.05, 4.69) is 132 Å². The zero-order chi connectivity index (χ0) is 45.1. The van der Waals surface area contributed by atoms with Gasteiger partial charge in [-0.25, -0.2) is 8.42 Å². The van der Waals surface area contributed by atoms with Crippen LogP contribution in [0, 0.1) is 12.8 Å². The second-order valence-electron chi connectivity index (χ2n) is 17.0. The van der Waals surface area contributed by atoms with Gasteiger partial charge in [-0.3, -0.25) is 0 Å². The maximum atomic E-state index is 15.0. The zero-order valence-electron chi connectivity index (χ0n) is 37.8. The molecule has 0 spiro atoms. The summed E-state index contributed by atoms with van der Waals surface area (Å²) in [5.41, 5.74) is 5.22. The van der Waals surface area contributed by atoms with E-state index in [4.69, 9.17) is 23.7 Å². The molecular formula is C54H62N2O7PS+. The Bertz CT molecular complexity index is 2420. The summed E-state index contributed by atoms with van der Waals surface area (Å²) in [5.74, 6) is 0.530. The van der Waals surface area contributed by atoms with Crippen LogP contribution in [0.4, 0.5) is 5.69 Å². The molecule has 0 radical (unpaired) electrons. The van der Waals surface area contributed by atoms with Crippen molar-refractivity contribution in [3.8, 4) is 5.75 Å². The van der Waals surface area contributed by atoms with Crippen molar-refractivity contribution in [1.29, 1.82) is 0 Å². The topological polar surface area (TPSA) is 86.8 Å². The summed E-state index contributed by atoms with van der Waals surface area (Å²) in [6, 6.07) is 54.8. The molecule has 2 aliphatic rings. The van der Waals surface area contributed by atoms with Crippen LogP contribution in [0.15, 0.2) is 163 Å².